The van der Waals surface area contributed by atoms with Crippen LogP contribution < -0.4 is 0 Å². The first-order chi connectivity index (χ1) is 8.74. The zero-order valence-corrected chi connectivity index (χ0v) is 11.6. The fraction of sp³-hybridized carbons (Fsp3) is 0.429. The lowest BCUT2D eigenvalue weighted by Crippen LogP contribution is -2.02. The number of hydrogen-bond acceptors (Lipinski definition) is 3. The smallest absolute Gasteiger partial charge is 0.172 e. The molecule has 4 heteroatoms. The van der Waals surface area contributed by atoms with Crippen LogP contribution in [-0.2, 0) is 6.42 Å². The van der Waals surface area contributed by atoms with Crippen molar-refractivity contribution in [1.82, 2.24) is 9.97 Å². The maximum absolute atomic E-state index is 12.0. The largest absolute Gasteiger partial charge is 0.342 e. The third kappa shape index (κ3) is 2.93. The van der Waals surface area contributed by atoms with Crippen molar-refractivity contribution in [3.8, 4) is 0 Å². The zero-order chi connectivity index (χ0) is 13.0. The van der Waals surface area contributed by atoms with Crippen LogP contribution in [-0.4, -0.2) is 27.3 Å². The number of nitrogens with zero attached hydrogens (tertiary/aromatic N) is 1. The molecule has 0 saturated heterocycles. The van der Waals surface area contributed by atoms with Crippen LogP contribution in [0.1, 0.15) is 36.5 Å². The summed E-state index contributed by atoms with van der Waals surface area (Å²) in [6.45, 7) is 4.19. The van der Waals surface area contributed by atoms with Crippen LogP contribution >= 0.6 is 11.8 Å². The van der Waals surface area contributed by atoms with E-state index in [1.165, 1.54) is 0 Å². The van der Waals surface area contributed by atoms with Crippen molar-refractivity contribution in [3.63, 3.8) is 0 Å². The van der Waals surface area contributed by atoms with Crippen molar-refractivity contribution in [2.45, 2.75) is 26.7 Å². The number of imidazole rings is 1. The zero-order valence-electron chi connectivity index (χ0n) is 10.8. The van der Waals surface area contributed by atoms with Gasteiger partial charge in [0.1, 0.15) is 5.82 Å². The predicted octanol–water partition coefficient (Wildman–Crippen LogP) is 3.45. The summed E-state index contributed by atoms with van der Waals surface area (Å²) in [7, 11) is 0. The van der Waals surface area contributed by atoms with Crippen LogP contribution in [0.2, 0.25) is 0 Å². The molecule has 96 valence electrons. The first kappa shape index (κ1) is 13.1. The number of fused-ring (bicyclic) bond motifs is 1. The molecule has 0 aliphatic rings. The van der Waals surface area contributed by atoms with Crippen molar-refractivity contribution in [2.24, 2.45) is 0 Å². The van der Waals surface area contributed by atoms with E-state index in [1.54, 1.807) is 11.8 Å². The number of aryl methyl sites for hydroxylation is 1. The lowest BCUT2D eigenvalue weighted by atomic mass is 10.1. The van der Waals surface area contributed by atoms with E-state index in [0.29, 0.717) is 5.75 Å². The SMILES string of the molecule is CCCSCC(=O)c1ccc2nc(CC)[nH]c2c1. The van der Waals surface area contributed by atoms with Gasteiger partial charge < -0.3 is 4.98 Å². The number of nitrogens with one attached hydrogen (secondary N) is 1. The second-order valence-corrected chi connectivity index (χ2v) is 5.35. The molecule has 0 saturated carbocycles. The molecule has 0 atom stereocenters. The quantitative estimate of drug-likeness (QED) is 0.640. The summed E-state index contributed by atoms with van der Waals surface area (Å²) in [6, 6.07) is 5.70. The highest BCUT2D eigenvalue weighted by Crippen LogP contribution is 2.16. The summed E-state index contributed by atoms with van der Waals surface area (Å²) in [5.74, 6) is 2.77. The van der Waals surface area contributed by atoms with Crippen LogP contribution in [0.4, 0.5) is 0 Å². The fourth-order valence-corrected chi connectivity index (χ4v) is 2.58. The first-order valence-corrected chi connectivity index (χ1v) is 7.49. The maximum Gasteiger partial charge on any atom is 0.172 e. The Hall–Kier alpha value is -1.29. The number of carbonyl (C=O) groups excluding carboxylic acids is 1. The summed E-state index contributed by atoms with van der Waals surface area (Å²) in [6.07, 6.45) is 1.99. The van der Waals surface area contributed by atoms with Gasteiger partial charge in [-0.05, 0) is 30.4 Å². The molecule has 0 aliphatic carbocycles. The van der Waals surface area contributed by atoms with Crippen molar-refractivity contribution in [3.05, 3.63) is 29.6 Å². The van der Waals surface area contributed by atoms with Crippen molar-refractivity contribution in [1.29, 1.82) is 0 Å². The Kier molecular flexibility index (Phi) is 4.42. The number of rotatable bonds is 6. The third-order valence-corrected chi connectivity index (χ3v) is 3.93. The number of benzene rings is 1. The van der Waals surface area contributed by atoms with Gasteiger partial charge in [0.25, 0.3) is 0 Å². The molecule has 0 unspecified atom stereocenters. The number of thioether (sulfide) groups is 1. The number of carbonyl (C=O) groups is 1. The summed E-state index contributed by atoms with van der Waals surface area (Å²) in [5, 5.41) is 0. The molecule has 2 rings (SSSR count). The van der Waals surface area contributed by atoms with Gasteiger partial charge >= 0.3 is 0 Å². The van der Waals surface area contributed by atoms with E-state index in [9.17, 15) is 4.79 Å². The second-order valence-electron chi connectivity index (χ2n) is 4.24. The standard InChI is InChI=1S/C14H18N2OS/c1-3-7-18-9-13(17)10-5-6-11-12(8-10)16-14(4-2)15-11/h5-6,8H,3-4,7,9H2,1-2H3,(H,15,16). The molecule has 1 aromatic carbocycles. The molecule has 0 amide bonds. The van der Waals surface area contributed by atoms with Gasteiger partial charge in [-0.3, -0.25) is 4.79 Å². The average Bonchev–Trinajstić information content (AvgIpc) is 2.80. The molecule has 18 heavy (non-hydrogen) atoms. The van der Waals surface area contributed by atoms with Crippen LogP contribution in [0.3, 0.4) is 0 Å². The number of aromatic nitrogens is 2. The molecule has 0 fully saturated rings. The molecular weight excluding hydrogens is 244 g/mol. The van der Waals surface area contributed by atoms with E-state index in [4.69, 9.17) is 0 Å². The maximum atomic E-state index is 12.0. The van der Waals surface area contributed by atoms with Crippen molar-refractivity contribution >= 4 is 28.6 Å². The Morgan fingerprint density at radius 1 is 1.39 bits per heavy atom. The Morgan fingerprint density at radius 2 is 2.22 bits per heavy atom. The van der Waals surface area contributed by atoms with Crippen LogP contribution in [0.15, 0.2) is 18.2 Å². The van der Waals surface area contributed by atoms with Gasteiger partial charge in [-0.25, -0.2) is 4.98 Å². The minimum atomic E-state index is 0.197. The van der Waals surface area contributed by atoms with Gasteiger partial charge in [0, 0.05) is 12.0 Å². The highest BCUT2D eigenvalue weighted by molar-refractivity contribution is 7.99. The highest BCUT2D eigenvalue weighted by atomic mass is 32.2. The summed E-state index contributed by atoms with van der Waals surface area (Å²) < 4.78 is 0. The summed E-state index contributed by atoms with van der Waals surface area (Å²) in [4.78, 5) is 19.7. The number of H-pyrrole nitrogens is 1. The Morgan fingerprint density at radius 3 is 2.94 bits per heavy atom. The Bertz CT molecular complexity index is 548. The third-order valence-electron chi connectivity index (χ3n) is 2.77. The topological polar surface area (TPSA) is 45.8 Å². The number of Topliss-reactive ketones (excluding diaryl/α,β-unsaturated/α-hetero) is 1. The van der Waals surface area contributed by atoms with Crippen LogP contribution in [0, 0.1) is 0 Å². The van der Waals surface area contributed by atoms with Gasteiger partial charge in [-0.1, -0.05) is 13.8 Å². The van der Waals surface area contributed by atoms with Crippen molar-refractivity contribution in [2.75, 3.05) is 11.5 Å². The Balaban J connectivity index is 2.15. The predicted molar refractivity (Wildman–Crippen MR) is 77.4 cm³/mol. The van der Waals surface area contributed by atoms with E-state index in [-0.39, 0.29) is 5.78 Å². The molecule has 0 bridgehead atoms. The van der Waals surface area contributed by atoms with Gasteiger partial charge in [0.15, 0.2) is 5.78 Å². The fourth-order valence-electron chi connectivity index (χ4n) is 1.80. The van der Waals surface area contributed by atoms with E-state index in [1.807, 2.05) is 18.2 Å². The van der Waals surface area contributed by atoms with E-state index >= 15 is 0 Å². The lowest BCUT2D eigenvalue weighted by Gasteiger charge is -2.00. The summed E-state index contributed by atoms with van der Waals surface area (Å²) >= 11 is 1.70. The minimum absolute atomic E-state index is 0.197. The number of ketones is 1. The molecule has 1 aromatic heterocycles. The summed E-state index contributed by atoms with van der Waals surface area (Å²) in [5.41, 5.74) is 2.67. The van der Waals surface area contributed by atoms with Gasteiger partial charge in [-0.2, -0.15) is 11.8 Å². The Labute approximate surface area is 111 Å². The number of hydrogen-bond donors (Lipinski definition) is 1. The van der Waals surface area contributed by atoms with Gasteiger partial charge in [0.05, 0.1) is 16.8 Å². The molecule has 3 nitrogen and oxygen atoms in total. The molecule has 1 heterocycles. The molecule has 0 radical (unpaired) electrons. The first-order valence-electron chi connectivity index (χ1n) is 6.34. The van der Waals surface area contributed by atoms with E-state index in [2.05, 4.69) is 23.8 Å². The molecule has 2 aromatic rings. The normalized spacial score (nSPS) is 11.0. The van der Waals surface area contributed by atoms with Crippen LogP contribution in [0.25, 0.3) is 11.0 Å². The second kappa shape index (κ2) is 6.05. The van der Waals surface area contributed by atoms with Gasteiger partial charge in [0.2, 0.25) is 0 Å². The number of aromatic amines is 1. The minimum Gasteiger partial charge on any atom is -0.342 e. The molecule has 1 N–H and O–H groups in total. The molecular formula is C14H18N2OS. The van der Waals surface area contributed by atoms with Crippen molar-refractivity contribution < 1.29 is 4.79 Å². The molecule has 0 spiro atoms. The molecule has 0 aliphatic heterocycles. The average molecular weight is 262 g/mol. The van der Waals surface area contributed by atoms with E-state index < -0.39 is 0 Å². The van der Waals surface area contributed by atoms with Crippen LogP contribution in [0.5, 0.6) is 0 Å². The lowest BCUT2D eigenvalue weighted by molar-refractivity contribution is 0.102. The van der Waals surface area contributed by atoms with Gasteiger partial charge in [-0.15, -0.1) is 0 Å². The van der Waals surface area contributed by atoms with E-state index in [0.717, 1.165) is 41.0 Å². The monoisotopic (exact) mass is 262 g/mol. The highest BCUT2D eigenvalue weighted by Gasteiger charge is 2.08.